The molecule has 0 aliphatic heterocycles. The summed E-state index contributed by atoms with van der Waals surface area (Å²) in [5.74, 6) is 0.134. The molecule has 8 heteroatoms. The summed E-state index contributed by atoms with van der Waals surface area (Å²) >= 11 is 20.8. The van der Waals surface area contributed by atoms with Gasteiger partial charge in [0, 0.05) is 9.92 Å². The summed E-state index contributed by atoms with van der Waals surface area (Å²) in [5.41, 5.74) is 0.602. The smallest absolute Gasteiger partial charge is 0.236 e. The normalized spacial score (nSPS) is 10.9. The van der Waals surface area contributed by atoms with Crippen LogP contribution >= 0.6 is 57.9 Å². The van der Waals surface area contributed by atoms with Gasteiger partial charge in [-0.05, 0) is 36.4 Å². The Balaban J connectivity index is 1.67. The third kappa shape index (κ3) is 4.11. The number of hydrogen-bond donors (Lipinski definition) is 1. The minimum Gasteiger partial charge on any atom is -0.301 e. The molecule has 23 heavy (non-hydrogen) atoms. The van der Waals surface area contributed by atoms with Crippen LogP contribution in [0.4, 0.5) is 5.13 Å². The van der Waals surface area contributed by atoms with E-state index in [-0.39, 0.29) is 11.7 Å². The lowest BCUT2D eigenvalue weighted by molar-refractivity contribution is -0.113. The molecular formula is C15H9Cl3N2OS2. The van der Waals surface area contributed by atoms with Crippen molar-refractivity contribution in [2.24, 2.45) is 0 Å². The van der Waals surface area contributed by atoms with Crippen molar-refractivity contribution in [3.63, 3.8) is 0 Å². The maximum absolute atomic E-state index is 12.0. The largest absolute Gasteiger partial charge is 0.301 e. The van der Waals surface area contributed by atoms with Gasteiger partial charge in [-0.25, -0.2) is 4.98 Å². The predicted octanol–water partition coefficient (Wildman–Crippen LogP) is 5.99. The van der Waals surface area contributed by atoms with Gasteiger partial charge in [-0.3, -0.25) is 4.79 Å². The summed E-state index contributed by atoms with van der Waals surface area (Å²) in [4.78, 5) is 17.3. The minimum absolute atomic E-state index is 0.142. The number of thiazole rings is 1. The predicted molar refractivity (Wildman–Crippen MR) is 100 cm³/mol. The summed E-state index contributed by atoms with van der Waals surface area (Å²) in [7, 11) is 0. The number of nitrogens with one attached hydrogen (secondary N) is 1. The molecule has 1 amide bonds. The van der Waals surface area contributed by atoms with E-state index in [1.807, 2.05) is 12.1 Å². The van der Waals surface area contributed by atoms with Crippen molar-refractivity contribution in [2.45, 2.75) is 4.90 Å². The topological polar surface area (TPSA) is 42.0 Å². The van der Waals surface area contributed by atoms with Gasteiger partial charge in [0.15, 0.2) is 5.13 Å². The molecule has 0 fully saturated rings. The highest BCUT2D eigenvalue weighted by Gasteiger charge is 2.12. The van der Waals surface area contributed by atoms with Gasteiger partial charge in [0.2, 0.25) is 5.91 Å². The average Bonchev–Trinajstić information content (AvgIpc) is 2.95. The molecule has 0 aliphatic carbocycles. The number of halogens is 3. The van der Waals surface area contributed by atoms with E-state index in [1.54, 1.807) is 24.3 Å². The number of anilines is 1. The molecule has 3 rings (SSSR count). The molecule has 0 saturated heterocycles. The first-order valence-corrected chi connectivity index (χ1v) is 9.39. The molecule has 118 valence electrons. The maximum Gasteiger partial charge on any atom is 0.236 e. The van der Waals surface area contributed by atoms with Gasteiger partial charge in [0.25, 0.3) is 0 Å². The number of aromatic nitrogens is 1. The monoisotopic (exact) mass is 402 g/mol. The van der Waals surface area contributed by atoms with Crippen LogP contribution in [0.5, 0.6) is 0 Å². The van der Waals surface area contributed by atoms with Crippen LogP contribution < -0.4 is 5.32 Å². The quantitative estimate of drug-likeness (QED) is 0.544. The Labute approximate surface area is 156 Å². The van der Waals surface area contributed by atoms with Gasteiger partial charge in [0.05, 0.1) is 20.5 Å². The summed E-state index contributed by atoms with van der Waals surface area (Å²) in [6, 6.07) is 10.7. The molecule has 0 bridgehead atoms. The van der Waals surface area contributed by atoms with E-state index in [0.717, 1.165) is 9.60 Å². The molecule has 1 N–H and O–H groups in total. The van der Waals surface area contributed by atoms with Crippen molar-refractivity contribution in [1.29, 1.82) is 0 Å². The number of nitrogens with zero attached hydrogens (tertiary/aromatic N) is 1. The third-order valence-corrected chi connectivity index (χ3v) is 5.88. The second-order valence-electron chi connectivity index (χ2n) is 4.52. The van der Waals surface area contributed by atoms with E-state index in [2.05, 4.69) is 10.3 Å². The van der Waals surface area contributed by atoms with Crippen molar-refractivity contribution in [1.82, 2.24) is 4.98 Å². The summed E-state index contributed by atoms with van der Waals surface area (Å²) in [5, 5.41) is 5.00. The van der Waals surface area contributed by atoms with Crippen molar-refractivity contribution in [3.05, 3.63) is 51.5 Å². The Morgan fingerprint density at radius 1 is 1.09 bits per heavy atom. The highest BCUT2D eigenvalue weighted by Crippen LogP contribution is 2.36. The van der Waals surface area contributed by atoms with E-state index < -0.39 is 0 Å². The van der Waals surface area contributed by atoms with E-state index in [1.165, 1.54) is 23.1 Å². The molecular weight excluding hydrogens is 395 g/mol. The van der Waals surface area contributed by atoms with Gasteiger partial charge in [-0.2, -0.15) is 0 Å². The molecule has 1 aromatic heterocycles. The zero-order valence-corrected chi connectivity index (χ0v) is 15.4. The van der Waals surface area contributed by atoms with Crippen LogP contribution in [-0.4, -0.2) is 16.6 Å². The molecule has 2 aromatic carbocycles. The average molecular weight is 404 g/mol. The molecule has 0 unspecified atom stereocenters. The zero-order chi connectivity index (χ0) is 16.4. The molecule has 1 heterocycles. The molecule has 3 nitrogen and oxygen atoms in total. The Morgan fingerprint density at radius 2 is 1.78 bits per heavy atom. The van der Waals surface area contributed by atoms with Crippen molar-refractivity contribution < 1.29 is 4.79 Å². The zero-order valence-electron chi connectivity index (χ0n) is 11.5. The fraction of sp³-hybridized carbons (Fsp3) is 0.0667. The first-order valence-electron chi connectivity index (χ1n) is 6.45. The van der Waals surface area contributed by atoms with Gasteiger partial charge in [-0.15, -0.1) is 11.8 Å². The number of thioether (sulfide) groups is 1. The van der Waals surface area contributed by atoms with Crippen LogP contribution in [0.3, 0.4) is 0 Å². The van der Waals surface area contributed by atoms with E-state index >= 15 is 0 Å². The van der Waals surface area contributed by atoms with E-state index in [4.69, 9.17) is 34.8 Å². The Morgan fingerprint density at radius 3 is 2.48 bits per heavy atom. The van der Waals surface area contributed by atoms with E-state index in [0.29, 0.717) is 25.7 Å². The number of carbonyl (C=O) groups is 1. The van der Waals surface area contributed by atoms with Crippen molar-refractivity contribution in [2.75, 3.05) is 11.1 Å². The Kier molecular flexibility index (Phi) is 5.34. The van der Waals surface area contributed by atoms with Crippen LogP contribution in [-0.2, 0) is 4.79 Å². The molecule has 0 spiro atoms. The third-order valence-electron chi connectivity index (χ3n) is 2.88. The number of rotatable bonds is 4. The van der Waals surface area contributed by atoms with Crippen LogP contribution in [0.25, 0.3) is 10.2 Å². The van der Waals surface area contributed by atoms with Gasteiger partial charge in [-0.1, -0.05) is 46.1 Å². The van der Waals surface area contributed by atoms with Crippen LogP contribution in [0, 0.1) is 0 Å². The van der Waals surface area contributed by atoms with E-state index in [9.17, 15) is 4.79 Å². The number of amides is 1. The second kappa shape index (κ2) is 7.28. The highest BCUT2D eigenvalue weighted by molar-refractivity contribution is 8.00. The summed E-state index contributed by atoms with van der Waals surface area (Å²) in [6.07, 6.45) is 0. The standard InChI is InChI=1S/C15H9Cl3N2OS2/c16-8-1-3-9(4-2-8)22-7-12(21)19-15-20-13-10(17)5-6-11(18)14(13)23-15/h1-6H,7H2,(H,19,20,21). The maximum atomic E-state index is 12.0. The lowest BCUT2D eigenvalue weighted by Crippen LogP contribution is -2.13. The SMILES string of the molecule is O=C(CSc1ccc(Cl)cc1)Nc1nc2c(Cl)ccc(Cl)c2s1. The number of hydrogen-bond acceptors (Lipinski definition) is 4. The lowest BCUT2D eigenvalue weighted by atomic mass is 10.3. The number of benzene rings is 2. The molecule has 3 aromatic rings. The lowest BCUT2D eigenvalue weighted by Gasteiger charge is -2.02. The minimum atomic E-state index is -0.142. The van der Waals surface area contributed by atoms with Gasteiger partial charge in [0.1, 0.15) is 5.52 Å². The first-order chi connectivity index (χ1) is 11.0. The van der Waals surface area contributed by atoms with Crippen LogP contribution in [0.1, 0.15) is 0 Å². The van der Waals surface area contributed by atoms with Crippen molar-refractivity contribution in [3.8, 4) is 0 Å². The summed E-state index contributed by atoms with van der Waals surface area (Å²) < 4.78 is 0.764. The second-order valence-corrected chi connectivity index (χ2v) is 7.82. The first kappa shape index (κ1) is 16.9. The van der Waals surface area contributed by atoms with Crippen molar-refractivity contribution >= 4 is 79.2 Å². The summed E-state index contributed by atoms with van der Waals surface area (Å²) in [6.45, 7) is 0. The molecule has 0 radical (unpaired) electrons. The highest BCUT2D eigenvalue weighted by atomic mass is 35.5. The fourth-order valence-electron chi connectivity index (χ4n) is 1.83. The van der Waals surface area contributed by atoms with Crippen LogP contribution in [0.15, 0.2) is 41.3 Å². The number of carbonyl (C=O) groups excluding carboxylic acids is 1. The molecule has 0 saturated carbocycles. The molecule has 0 atom stereocenters. The Hall–Kier alpha value is -0.980. The van der Waals surface area contributed by atoms with Gasteiger partial charge >= 0.3 is 0 Å². The number of fused-ring (bicyclic) bond motifs is 1. The van der Waals surface area contributed by atoms with Gasteiger partial charge < -0.3 is 5.32 Å². The fourth-order valence-corrected chi connectivity index (χ4v) is 4.09. The van der Waals surface area contributed by atoms with Crippen LogP contribution in [0.2, 0.25) is 15.1 Å². The Bertz CT molecular complexity index is 826. The molecule has 0 aliphatic rings.